The van der Waals surface area contributed by atoms with Crippen LogP contribution in [0.5, 0.6) is 5.75 Å². The molecule has 1 aromatic rings. The molecule has 0 atom stereocenters. The fraction of sp³-hybridized carbons (Fsp3) is 0.600. The van der Waals surface area contributed by atoms with Crippen LogP contribution in [0.4, 0.5) is 5.69 Å². The van der Waals surface area contributed by atoms with Crippen LogP contribution in [0, 0.1) is 17.3 Å². The van der Waals surface area contributed by atoms with E-state index in [1.54, 1.807) is 25.3 Å². The summed E-state index contributed by atoms with van der Waals surface area (Å²) < 4.78 is 10.4. The normalized spacial score (nSPS) is 20.6. The number of hydrogen-bond donors (Lipinski definition) is 1. The van der Waals surface area contributed by atoms with Gasteiger partial charge >= 0.3 is 5.97 Å². The molecule has 1 aromatic carbocycles. The molecule has 0 bridgehead atoms. The summed E-state index contributed by atoms with van der Waals surface area (Å²) in [4.78, 5) is 24.2. The molecule has 0 aliphatic heterocycles. The van der Waals surface area contributed by atoms with Crippen molar-refractivity contribution in [1.29, 1.82) is 0 Å². The van der Waals surface area contributed by atoms with E-state index in [9.17, 15) is 9.59 Å². The van der Waals surface area contributed by atoms with Crippen LogP contribution >= 0.6 is 0 Å². The average Bonchev–Trinajstić information content (AvgIpc) is 2.59. The Morgan fingerprint density at radius 2 is 1.76 bits per heavy atom. The first-order valence-corrected chi connectivity index (χ1v) is 8.90. The first kappa shape index (κ1) is 19.3. The quantitative estimate of drug-likeness (QED) is 0.817. The lowest BCUT2D eigenvalue weighted by Gasteiger charge is -2.36. The molecule has 1 amide bonds. The fourth-order valence-corrected chi connectivity index (χ4v) is 3.38. The summed E-state index contributed by atoms with van der Waals surface area (Å²) in [5, 5.41) is 2.71. The molecule has 0 unspecified atom stereocenters. The highest BCUT2D eigenvalue weighted by Crippen LogP contribution is 2.40. The molecule has 1 saturated carbocycles. The number of carbonyl (C=O) groups is 2. The largest absolute Gasteiger partial charge is 0.495 e. The lowest BCUT2D eigenvalue weighted by Crippen LogP contribution is -2.31. The lowest BCUT2D eigenvalue weighted by atomic mass is 9.70. The van der Waals surface area contributed by atoms with Crippen molar-refractivity contribution in [3.8, 4) is 5.75 Å². The van der Waals surface area contributed by atoms with Gasteiger partial charge in [0, 0.05) is 0 Å². The number of rotatable bonds is 5. The van der Waals surface area contributed by atoms with E-state index in [2.05, 4.69) is 26.1 Å². The summed E-state index contributed by atoms with van der Waals surface area (Å²) in [6, 6.07) is 7.13. The van der Waals surface area contributed by atoms with Crippen molar-refractivity contribution in [3.05, 3.63) is 24.3 Å². The Bertz CT molecular complexity index is 598. The number of methoxy groups -OCH3 is 1. The van der Waals surface area contributed by atoms with E-state index >= 15 is 0 Å². The number of ether oxygens (including phenoxy) is 2. The smallest absolute Gasteiger partial charge is 0.309 e. The molecule has 2 rings (SSSR count). The van der Waals surface area contributed by atoms with Crippen LogP contribution in [-0.4, -0.2) is 25.6 Å². The van der Waals surface area contributed by atoms with Gasteiger partial charge in [-0.05, 0) is 49.1 Å². The van der Waals surface area contributed by atoms with Gasteiger partial charge in [-0.2, -0.15) is 0 Å². The predicted octanol–water partition coefficient (Wildman–Crippen LogP) is 4.03. The van der Waals surface area contributed by atoms with Crippen molar-refractivity contribution in [3.63, 3.8) is 0 Å². The van der Waals surface area contributed by atoms with Gasteiger partial charge in [-0.25, -0.2) is 0 Å². The maximum atomic E-state index is 12.2. The van der Waals surface area contributed by atoms with Gasteiger partial charge in [0.05, 0.1) is 18.7 Å². The third-order valence-corrected chi connectivity index (χ3v) is 5.01. The highest BCUT2D eigenvalue weighted by molar-refractivity contribution is 5.94. The summed E-state index contributed by atoms with van der Waals surface area (Å²) in [6.07, 6.45) is 3.76. The van der Waals surface area contributed by atoms with E-state index in [1.807, 2.05) is 6.07 Å². The van der Waals surface area contributed by atoms with Crippen molar-refractivity contribution in [2.45, 2.75) is 46.5 Å². The summed E-state index contributed by atoms with van der Waals surface area (Å²) in [6.45, 7) is 6.48. The number of esters is 1. The Hall–Kier alpha value is -2.04. The van der Waals surface area contributed by atoms with Gasteiger partial charge in [0.15, 0.2) is 6.61 Å². The molecule has 1 aliphatic rings. The molecule has 25 heavy (non-hydrogen) atoms. The molecular formula is C20H29NO4. The van der Waals surface area contributed by atoms with Gasteiger partial charge in [-0.15, -0.1) is 0 Å². The van der Waals surface area contributed by atoms with E-state index < -0.39 is 0 Å². The maximum Gasteiger partial charge on any atom is 0.309 e. The fourth-order valence-electron chi connectivity index (χ4n) is 3.38. The Morgan fingerprint density at radius 1 is 1.12 bits per heavy atom. The number of nitrogens with one attached hydrogen (secondary N) is 1. The summed E-state index contributed by atoms with van der Waals surface area (Å²) in [7, 11) is 1.54. The Balaban J connectivity index is 1.77. The first-order chi connectivity index (χ1) is 11.8. The van der Waals surface area contributed by atoms with Crippen molar-refractivity contribution >= 4 is 17.6 Å². The highest BCUT2D eigenvalue weighted by Gasteiger charge is 2.33. The third kappa shape index (κ3) is 5.48. The van der Waals surface area contributed by atoms with E-state index in [0.29, 0.717) is 17.4 Å². The zero-order valence-corrected chi connectivity index (χ0v) is 15.6. The number of benzene rings is 1. The molecule has 0 aromatic heterocycles. The molecule has 5 heteroatoms. The molecule has 5 nitrogen and oxygen atoms in total. The van der Waals surface area contributed by atoms with Crippen molar-refractivity contribution in [2.75, 3.05) is 19.0 Å². The van der Waals surface area contributed by atoms with E-state index in [-0.39, 0.29) is 29.8 Å². The number of para-hydroxylation sites is 2. The van der Waals surface area contributed by atoms with Crippen molar-refractivity contribution in [1.82, 2.24) is 0 Å². The van der Waals surface area contributed by atoms with Crippen molar-refractivity contribution in [2.24, 2.45) is 17.3 Å². The molecule has 0 radical (unpaired) electrons. The van der Waals surface area contributed by atoms with Crippen LogP contribution in [-0.2, 0) is 14.3 Å². The molecule has 0 saturated heterocycles. The first-order valence-electron chi connectivity index (χ1n) is 8.90. The Labute approximate surface area is 150 Å². The minimum atomic E-state index is -0.360. The van der Waals surface area contributed by atoms with Crippen LogP contribution < -0.4 is 10.1 Å². The molecule has 0 heterocycles. The zero-order chi connectivity index (χ0) is 18.4. The van der Waals surface area contributed by atoms with Crippen LogP contribution in [0.3, 0.4) is 0 Å². The molecule has 1 N–H and O–H groups in total. The van der Waals surface area contributed by atoms with Crippen molar-refractivity contribution < 1.29 is 19.1 Å². The second-order valence-corrected chi connectivity index (χ2v) is 7.77. The van der Waals surface area contributed by atoms with Gasteiger partial charge in [0.2, 0.25) is 0 Å². The summed E-state index contributed by atoms with van der Waals surface area (Å²) >= 11 is 0. The molecule has 1 fully saturated rings. The van der Waals surface area contributed by atoms with Crippen LogP contribution in [0.15, 0.2) is 24.3 Å². The van der Waals surface area contributed by atoms with E-state index in [0.717, 1.165) is 25.7 Å². The number of hydrogen-bond acceptors (Lipinski definition) is 4. The number of carbonyl (C=O) groups excluding carboxylic acids is 2. The van der Waals surface area contributed by atoms with Gasteiger partial charge in [-0.1, -0.05) is 32.9 Å². The molecule has 1 aliphatic carbocycles. The van der Waals surface area contributed by atoms with Gasteiger partial charge < -0.3 is 14.8 Å². The standard InChI is InChI=1S/C20H29NO4/c1-20(2,3)15-11-9-14(10-12-15)19(23)25-13-18(22)21-16-7-5-6-8-17(16)24-4/h5-8,14-15H,9-13H2,1-4H3,(H,21,22). The minimum Gasteiger partial charge on any atom is -0.495 e. The zero-order valence-electron chi connectivity index (χ0n) is 15.6. The molecule has 0 spiro atoms. The second-order valence-electron chi connectivity index (χ2n) is 7.77. The topological polar surface area (TPSA) is 64.6 Å². The monoisotopic (exact) mass is 347 g/mol. The minimum absolute atomic E-state index is 0.0855. The third-order valence-electron chi connectivity index (χ3n) is 5.01. The highest BCUT2D eigenvalue weighted by atomic mass is 16.5. The Kier molecular flexibility index (Phi) is 6.45. The van der Waals surface area contributed by atoms with Crippen LogP contribution in [0.2, 0.25) is 0 Å². The van der Waals surface area contributed by atoms with E-state index in [1.165, 1.54) is 0 Å². The van der Waals surface area contributed by atoms with Crippen LogP contribution in [0.25, 0.3) is 0 Å². The maximum absolute atomic E-state index is 12.2. The van der Waals surface area contributed by atoms with Gasteiger partial charge in [-0.3, -0.25) is 9.59 Å². The predicted molar refractivity (Wildman–Crippen MR) is 97.5 cm³/mol. The van der Waals surface area contributed by atoms with Gasteiger partial charge in [0.1, 0.15) is 5.75 Å². The number of anilines is 1. The molecular weight excluding hydrogens is 318 g/mol. The van der Waals surface area contributed by atoms with Gasteiger partial charge in [0.25, 0.3) is 5.91 Å². The second kappa shape index (κ2) is 8.37. The summed E-state index contributed by atoms with van der Waals surface area (Å²) in [5.74, 6) is 0.509. The number of amides is 1. The van der Waals surface area contributed by atoms with Crippen LogP contribution in [0.1, 0.15) is 46.5 Å². The molecule has 138 valence electrons. The lowest BCUT2D eigenvalue weighted by molar-refractivity contribution is -0.153. The van der Waals surface area contributed by atoms with E-state index in [4.69, 9.17) is 9.47 Å². The Morgan fingerprint density at radius 3 is 2.36 bits per heavy atom. The summed E-state index contributed by atoms with van der Waals surface area (Å²) in [5.41, 5.74) is 0.848. The SMILES string of the molecule is COc1ccccc1NC(=O)COC(=O)C1CCC(C(C)(C)C)CC1. The average molecular weight is 347 g/mol.